The lowest BCUT2D eigenvalue weighted by Gasteiger charge is -2.30. The normalized spacial score (nSPS) is 18.0. The molecular weight excluding hydrogens is 420 g/mol. The molecule has 2 aromatic carbocycles. The highest BCUT2D eigenvalue weighted by molar-refractivity contribution is 5.82. The average molecular weight is 455 g/mol. The Kier molecular flexibility index (Phi) is 8.58. The molecule has 0 unspecified atom stereocenters. The standard InChI is InChI=1S/C26H34N2O5/c1-30-13-5-14-31-24-16-21(8-11-23(24)33-19-20-6-3-2-4-7-20)18-28(22-9-10-22)26(29)25-17-27-12-15-32-25/h2-4,6-8,11,16,22,25,27H,5,9-10,12-15,17-19H2,1H3/t25-/m1/s1. The number of rotatable bonds is 12. The second-order valence-electron chi connectivity index (χ2n) is 8.51. The first-order valence-electron chi connectivity index (χ1n) is 11.8. The van der Waals surface area contributed by atoms with Crippen LogP contribution in [0.15, 0.2) is 48.5 Å². The summed E-state index contributed by atoms with van der Waals surface area (Å²) >= 11 is 0. The largest absolute Gasteiger partial charge is 0.490 e. The summed E-state index contributed by atoms with van der Waals surface area (Å²) in [6.07, 6.45) is 2.48. The monoisotopic (exact) mass is 454 g/mol. The highest BCUT2D eigenvalue weighted by atomic mass is 16.5. The molecule has 1 saturated carbocycles. The lowest BCUT2D eigenvalue weighted by Crippen LogP contribution is -2.49. The van der Waals surface area contributed by atoms with Gasteiger partial charge in [-0.15, -0.1) is 0 Å². The topological polar surface area (TPSA) is 69.3 Å². The number of morpholine rings is 1. The van der Waals surface area contributed by atoms with Gasteiger partial charge in [0.05, 0.1) is 13.2 Å². The van der Waals surface area contributed by atoms with Gasteiger partial charge in [0.25, 0.3) is 5.91 Å². The molecular formula is C26H34N2O5. The molecule has 1 saturated heterocycles. The second-order valence-corrected chi connectivity index (χ2v) is 8.51. The molecule has 33 heavy (non-hydrogen) atoms. The van der Waals surface area contributed by atoms with E-state index in [1.807, 2.05) is 53.4 Å². The minimum Gasteiger partial charge on any atom is -0.490 e. The molecule has 7 heteroatoms. The van der Waals surface area contributed by atoms with Gasteiger partial charge in [0.15, 0.2) is 11.5 Å². The number of nitrogens with zero attached hydrogens (tertiary/aromatic N) is 1. The molecule has 1 atom stereocenters. The van der Waals surface area contributed by atoms with E-state index in [1.54, 1.807) is 7.11 Å². The molecule has 2 aromatic rings. The number of benzene rings is 2. The summed E-state index contributed by atoms with van der Waals surface area (Å²) in [4.78, 5) is 15.1. The predicted molar refractivity (Wildman–Crippen MR) is 125 cm³/mol. The molecule has 0 spiro atoms. The molecule has 1 aliphatic heterocycles. The van der Waals surface area contributed by atoms with E-state index in [0.717, 1.165) is 36.9 Å². The molecule has 1 amide bonds. The number of hydrogen-bond acceptors (Lipinski definition) is 6. The molecule has 1 aliphatic carbocycles. The Hall–Kier alpha value is -2.61. The number of carbonyl (C=O) groups excluding carboxylic acids is 1. The van der Waals surface area contributed by atoms with Crippen LogP contribution in [0.4, 0.5) is 0 Å². The van der Waals surface area contributed by atoms with Crippen LogP contribution in [0, 0.1) is 0 Å². The summed E-state index contributed by atoms with van der Waals surface area (Å²) in [5.74, 6) is 1.46. The van der Waals surface area contributed by atoms with E-state index in [0.29, 0.717) is 57.1 Å². The minimum atomic E-state index is -0.405. The summed E-state index contributed by atoms with van der Waals surface area (Å²) in [5.41, 5.74) is 2.12. The summed E-state index contributed by atoms with van der Waals surface area (Å²) in [6.45, 7) is 4.11. The summed E-state index contributed by atoms with van der Waals surface area (Å²) in [5, 5.41) is 3.25. The molecule has 2 aliphatic rings. The number of carbonyl (C=O) groups is 1. The van der Waals surface area contributed by atoms with Gasteiger partial charge in [-0.1, -0.05) is 36.4 Å². The van der Waals surface area contributed by atoms with E-state index in [2.05, 4.69) is 5.32 Å². The lowest BCUT2D eigenvalue weighted by molar-refractivity contribution is -0.146. The van der Waals surface area contributed by atoms with Gasteiger partial charge in [-0.3, -0.25) is 4.79 Å². The maximum atomic E-state index is 13.1. The van der Waals surface area contributed by atoms with E-state index in [9.17, 15) is 4.79 Å². The van der Waals surface area contributed by atoms with Crippen molar-refractivity contribution in [3.05, 3.63) is 59.7 Å². The third-order valence-electron chi connectivity index (χ3n) is 5.82. The van der Waals surface area contributed by atoms with Crippen LogP contribution >= 0.6 is 0 Å². The van der Waals surface area contributed by atoms with E-state index in [-0.39, 0.29) is 5.91 Å². The number of nitrogens with one attached hydrogen (secondary N) is 1. The minimum absolute atomic E-state index is 0.0664. The number of methoxy groups -OCH3 is 1. The molecule has 1 N–H and O–H groups in total. The maximum absolute atomic E-state index is 13.1. The van der Waals surface area contributed by atoms with Gasteiger partial charge in [-0.2, -0.15) is 0 Å². The smallest absolute Gasteiger partial charge is 0.253 e. The first-order chi connectivity index (χ1) is 16.2. The van der Waals surface area contributed by atoms with Gasteiger partial charge in [0, 0.05) is 45.8 Å². The SMILES string of the molecule is COCCCOc1cc(CN(C(=O)[C@H]2CNCCO2)C2CC2)ccc1OCc1ccccc1. The quantitative estimate of drug-likeness (QED) is 0.497. The Morgan fingerprint density at radius 1 is 1.06 bits per heavy atom. The predicted octanol–water partition coefficient (Wildman–Crippen LogP) is 3.16. The van der Waals surface area contributed by atoms with Crippen LogP contribution in [0.2, 0.25) is 0 Å². The molecule has 0 bridgehead atoms. The Morgan fingerprint density at radius 3 is 2.64 bits per heavy atom. The third kappa shape index (κ3) is 6.93. The zero-order valence-electron chi connectivity index (χ0n) is 19.3. The van der Waals surface area contributed by atoms with E-state index < -0.39 is 6.10 Å². The van der Waals surface area contributed by atoms with Crippen molar-refractivity contribution in [1.29, 1.82) is 0 Å². The number of amides is 1. The van der Waals surface area contributed by atoms with Crippen molar-refractivity contribution in [2.75, 3.05) is 40.0 Å². The van der Waals surface area contributed by atoms with Crippen LogP contribution in [0.25, 0.3) is 0 Å². The fourth-order valence-corrected chi connectivity index (χ4v) is 3.88. The van der Waals surface area contributed by atoms with Crippen LogP contribution in [0.1, 0.15) is 30.4 Å². The van der Waals surface area contributed by atoms with E-state index in [4.69, 9.17) is 18.9 Å². The van der Waals surface area contributed by atoms with Gasteiger partial charge in [0.1, 0.15) is 12.7 Å². The molecule has 1 heterocycles. The van der Waals surface area contributed by atoms with Crippen molar-refractivity contribution in [3.8, 4) is 11.5 Å². The van der Waals surface area contributed by atoms with Gasteiger partial charge in [-0.05, 0) is 36.1 Å². The van der Waals surface area contributed by atoms with Gasteiger partial charge in [0.2, 0.25) is 0 Å². The summed E-state index contributed by atoms with van der Waals surface area (Å²) < 4.78 is 23.0. The second kappa shape index (κ2) is 12.0. The molecule has 0 radical (unpaired) electrons. The van der Waals surface area contributed by atoms with Crippen molar-refractivity contribution < 1.29 is 23.7 Å². The Labute approximate surface area is 196 Å². The highest BCUT2D eigenvalue weighted by Crippen LogP contribution is 2.33. The summed E-state index contributed by atoms with van der Waals surface area (Å²) in [6, 6.07) is 16.3. The van der Waals surface area contributed by atoms with Gasteiger partial charge >= 0.3 is 0 Å². The molecule has 2 fully saturated rings. The van der Waals surface area contributed by atoms with Crippen LogP contribution in [-0.2, 0) is 27.4 Å². The lowest BCUT2D eigenvalue weighted by atomic mass is 10.1. The molecule has 4 rings (SSSR count). The first kappa shape index (κ1) is 23.5. The molecule has 7 nitrogen and oxygen atoms in total. The van der Waals surface area contributed by atoms with Crippen molar-refractivity contribution in [2.24, 2.45) is 0 Å². The molecule has 178 valence electrons. The average Bonchev–Trinajstić information content (AvgIpc) is 3.71. The van der Waals surface area contributed by atoms with Crippen molar-refractivity contribution in [2.45, 2.75) is 44.6 Å². The Morgan fingerprint density at radius 2 is 1.91 bits per heavy atom. The van der Waals surface area contributed by atoms with E-state index >= 15 is 0 Å². The van der Waals surface area contributed by atoms with Crippen molar-refractivity contribution >= 4 is 5.91 Å². The maximum Gasteiger partial charge on any atom is 0.253 e. The van der Waals surface area contributed by atoms with Crippen molar-refractivity contribution in [1.82, 2.24) is 10.2 Å². The zero-order valence-corrected chi connectivity index (χ0v) is 19.3. The highest BCUT2D eigenvalue weighted by Gasteiger charge is 2.36. The number of hydrogen-bond donors (Lipinski definition) is 1. The fourth-order valence-electron chi connectivity index (χ4n) is 3.88. The van der Waals surface area contributed by atoms with E-state index in [1.165, 1.54) is 0 Å². The Bertz CT molecular complexity index is 882. The summed E-state index contributed by atoms with van der Waals surface area (Å²) in [7, 11) is 1.68. The van der Waals surface area contributed by atoms with Gasteiger partial charge in [-0.25, -0.2) is 0 Å². The van der Waals surface area contributed by atoms with Gasteiger partial charge < -0.3 is 29.2 Å². The first-order valence-corrected chi connectivity index (χ1v) is 11.8. The van der Waals surface area contributed by atoms with Crippen LogP contribution < -0.4 is 14.8 Å². The fraction of sp³-hybridized carbons (Fsp3) is 0.500. The number of ether oxygens (including phenoxy) is 4. The van der Waals surface area contributed by atoms with Crippen molar-refractivity contribution in [3.63, 3.8) is 0 Å². The molecule has 0 aromatic heterocycles. The van der Waals surface area contributed by atoms with Crippen LogP contribution in [0.5, 0.6) is 11.5 Å². The zero-order chi connectivity index (χ0) is 22.9. The Balaban J connectivity index is 1.46. The van der Waals surface area contributed by atoms with Crippen LogP contribution in [-0.4, -0.2) is 63.0 Å². The third-order valence-corrected chi connectivity index (χ3v) is 5.82. The van der Waals surface area contributed by atoms with Crippen LogP contribution in [0.3, 0.4) is 0 Å².